The standard InChI is InChI=1S/C15H22N4O3S/c20-14(9-13-10-16-12-23-13)18-3-1-17(2-4-18)11-15(21)19-5-7-22-8-6-19/h10,12H,1-9,11H2. The van der Waals surface area contributed by atoms with E-state index in [4.69, 9.17) is 4.74 Å². The van der Waals surface area contributed by atoms with Crippen LogP contribution < -0.4 is 0 Å². The van der Waals surface area contributed by atoms with Gasteiger partial charge in [-0.1, -0.05) is 0 Å². The number of ether oxygens (including phenoxy) is 1. The Morgan fingerprint density at radius 3 is 2.39 bits per heavy atom. The van der Waals surface area contributed by atoms with E-state index in [2.05, 4.69) is 9.88 Å². The van der Waals surface area contributed by atoms with Crippen LogP contribution in [0.25, 0.3) is 0 Å². The van der Waals surface area contributed by atoms with Crippen LogP contribution in [0.3, 0.4) is 0 Å². The molecule has 0 atom stereocenters. The molecule has 0 aromatic carbocycles. The zero-order chi connectivity index (χ0) is 16.1. The second kappa shape index (κ2) is 7.85. The maximum absolute atomic E-state index is 12.2. The number of hydrogen-bond acceptors (Lipinski definition) is 6. The Labute approximate surface area is 139 Å². The van der Waals surface area contributed by atoms with Crippen molar-refractivity contribution in [2.75, 3.05) is 59.0 Å². The fourth-order valence-electron chi connectivity index (χ4n) is 2.85. The van der Waals surface area contributed by atoms with Gasteiger partial charge in [0.25, 0.3) is 0 Å². The van der Waals surface area contributed by atoms with E-state index in [1.54, 1.807) is 11.7 Å². The first-order valence-electron chi connectivity index (χ1n) is 7.95. The minimum atomic E-state index is 0.147. The number of carbonyl (C=O) groups excluding carboxylic acids is 2. The minimum absolute atomic E-state index is 0.147. The Hall–Kier alpha value is -1.51. The normalized spacial score (nSPS) is 19.8. The number of thiazole rings is 1. The zero-order valence-electron chi connectivity index (χ0n) is 13.1. The van der Waals surface area contributed by atoms with Crippen molar-refractivity contribution in [2.24, 2.45) is 0 Å². The molecule has 0 N–H and O–H groups in total. The topological polar surface area (TPSA) is 66.0 Å². The van der Waals surface area contributed by atoms with E-state index in [0.717, 1.165) is 18.0 Å². The monoisotopic (exact) mass is 338 g/mol. The fraction of sp³-hybridized carbons (Fsp3) is 0.667. The SMILES string of the molecule is O=C(Cc1cncs1)N1CCN(CC(=O)N2CCOCC2)CC1. The molecule has 2 aliphatic rings. The van der Waals surface area contributed by atoms with Crippen molar-refractivity contribution in [1.29, 1.82) is 0 Å². The molecular formula is C15H22N4O3S. The van der Waals surface area contributed by atoms with Crippen LogP contribution in [0.1, 0.15) is 4.88 Å². The van der Waals surface area contributed by atoms with Crippen molar-refractivity contribution >= 4 is 23.2 Å². The summed E-state index contributed by atoms with van der Waals surface area (Å²) in [5.41, 5.74) is 1.75. The molecule has 1 aromatic rings. The van der Waals surface area contributed by atoms with E-state index in [1.165, 1.54) is 11.3 Å². The van der Waals surface area contributed by atoms with Gasteiger partial charge in [-0.2, -0.15) is 0 Å². The highest BCUT2D eigenvalue weighted by Gasteiger charge is 2.25. The van der Waals surface area contributed by atoms with Crippen molar-refractivity contribution in [1.82, 2.24) is 19.7 Å². The van der Waals surface area contributed by atoms with Gasteiger partial charge in [0.15, 0.2) is 0 Å². The minimum Gasteiger partial charge on any atom is -0.378 e. The van der Waals surface area contributed by atoms with E-state index in [0.29, 0.717) is 52.4 Å². The summed E-state index contributed by atoms with van der Waals surface area (Å²) in [5.74, 6) is 0.311. The summed E-state index contributed by atoms with van der Waals surface area (Å²) in [7, 11) is 0. The average Bonchev–Trinajstić information content (AvgIpc) is 3.09. The average molecular weight is 338 g/mol. The number of amides is 2. The third-order valence-electron chi connectivity index (χ3n) is 4.26. The van der Waals surface area contributed by atoms with Gasteiger partial charge >= 0.3 is 0 Å². The summed E-state index contributed by atoms with van der Waals surface area (Å²) in [4.78, 5) is 35.4. The van der Waals surface area contributed by atoms with E-state index in [1.807, 2.05) is 9.80 Å². The highest BCUT2D eigenvalue weighted by Crippen LogP contribution is 2.10. The molecule has 0 spiro atoms. The van der Waals surface area contributed by atoms with Gasteiger partial charge in [0.2, 0.25) is 11.8 Å². The second-order valence-electron chi connectivity index (χ2n) is 5.79. The smallest absolute Gasteiger partial charge is 0.236 e. The molecule has 8 heteroatoms. The molecule has 1 aromatic heterocycles. The summed E-state index contributed by atoms with van der Waals surface area (Å²) in [6.45, 7) is 5.96. The number of morpholine rings is 1. The highest BCUT2D eigenvalue weighted by atomic mass is 32.1. The zero-order valence-corrected chi connectivity index (χ0v) is 14.0. The number of rotatable bonds is 4. The van der Waals surface area contributed by atoms with Gasteiger partial charge in [-0.05, 0) is 0 Å². The number of aromatic nitrogens is 1. The molecular weight excluding hydrogens is 316 g/mol. The van der Waals surface area contributed by atoms with Gasteiger partial charge in [0.1, 0.15) is 0 Å². The van der Waals surface area contributed by atoms with E-state index < -0.39 is 0 Å². The van der Waals surface area contributed by atoms with Crippen molar-refractivity contribution in [2.45, 2.75) is 6.42 Å². The summed E-state index contributed by atoms with van der Waals surface area (Å²) < 4.78 is 5.27. The first kappa shape index (κ1) is 16.4. The largest absolute Gasteiger partial charge is 0.378 e. The van der Waals surface area contributed by atoms with Crippen LogP contribution in [0, 0.1) is 0 Å². The molecule has 2 fully saturated rings. The molecule has 2 aliphatic heterocycles. The van der Waals surface area contributed by atoms with Crippen molar-refractivity contribution in [3.05, 3.63) is 16.6 Å². The first-order valence-corrected chi connectivity index (χ1v) is 8.83. The van der Waals surface area contributed by atoms with Gasteiger partial charge in [-0.25, -0.2) is 0 Å². The molecule has 2 amide bonds. The second-order valence-corrected chi connectivity index (χ2v) is 6.77. The fourth-order valence-corrected chi connectivity index (χ4v) is 3.44. The lowest BCUT2D eigenvalue weighted by Crippen LogP contribution is -2.52. The predicted molar refractivity (Wildman–Crippen MR) is 86.2 cm³/mol. The third kappa shape index (κ3) is 4.49. The molecule has 7 nitrogen and oxygen atoms in total. The molecule has 2 saturated heterocycles. The van der Waals surface area contributed by atoms with Crippen LogP contribution >= 0.6 is 11.3 Å². The lowest BCUT2D eigenvalue weighted by Gasteiger charge is -2.36. The number of carbonyl (C=O) groups is 2. The van der Waals surface area contributed by atoms with E-state index in [9.17, 15) is 9.59 Å². The highest BCUT2D eigenvalue weighted by molar-refractivity contribution is 7.09. The predicted octanol–water partition coefficient (Wildman–Crippen LogP) is -0.311. The molecule has 0 bridgehead atoms. The van der Waals surface area contributed by atoms with Gasteiger partial charge in [0.05, 0.1) is 31.7 Å². The molecule has 3 heterocycles. The Balaban J connectivity index is 1.41. The summed E-state index contributed by atoms with van der Waals surface area (Å²) in [6, 6.07) is 0. The molecule has 0 unspecified atom stereocenters. The Bertz CT molecular complexity index is 523. The van der Waals surface area contributed by atoms with Crippen LogP contribution in [-0.2, 0) is 20.7 Å². The van der Waals surface area contributed by atoms with Crippen molar-refractivity contribution < 1.29 is 14.3 Å². The molecule has 23 heavy (non-hydrogen) atoms. The van der Waals surface area contributed by atoms with Crippen LogP contribution in [0.4, 0.5) is 0 Å². The quantitative estimate of drug-likeness (QED) is 0.753. The number of piperazine rings is 1. The van der Waals surface area contributed by atoms with Crippen molar-refractivity contribution in [3.63, 3.8) is 0 Å². The van der Waals surface area contributed by atoms with Crippen molar-refractivity contribution in [3.8, 4) is 0 Å². The first-order chi connectivity index (χ1) is 11.2. The Morgan fingerprint density at radius 1 is 1.04 bits per heavy atom. The Kier molecular flexibility index (Phi) is 5.58. The molecule has 0 aliphatic carbocycles. The van der Waals surface area contributed by atoms with Gasteiger partial charge in [-0.15, -0.1) is 11.3 Å². The Morgan fingerprint density at radius 2 is 1.74 bits per heavy atom. The van der Waals surface area contributed by atoms with E-state index in [-0.39, 0.29) is 11.8 Å². The maximum Gasteiger partial charge on any atom is 0.236 e. The third-order valence-corrected chi connectivity index (χ3v) is 5.04. The lowest BCUT2D eigenvalue weighted by molar-refractivity contribution is -0.137. The van der Waals surface area contributed by atoms with Crippen LogP contribution in [-0.4, -0.2) is 90.5 Å². The summed E-state index contributed by atoms with van der Waals surface area (Å²) >= 11 is 1.51. The van der Waals surface area contributed by atoms with Crippen LogP contribution in [0.5, 0.6) is 0 Å². The van der Waals surface area contributed by atoms with Crippen LogP contribution in [0.15, 0.2) is 11.7 Å². The van der Waals surface area contributed by atoms with Gasteiger partial charge in [-0.3, -0.25) is 19.5 Å². The number of nitrogens with zero attached hydrogens (tertiary/aromatic N) is 4. The van der Waals surface area contributed by atoms with Gasteiger partial charge < -0.3 is 14.5 Å². The molecule has 126 valence electrons. The number of hydrogen-bond donors (Lipinski definition) is 0. The summed E-state index contributed by atoms with van der Waals surface area (Å²) in [5, 5.41) is 0. The molecule has 0 radical (unpaired) electrons. The van der Waals surface area contributed by atoms with Crippen LogP contribution in [0.2, 0.25) is 0 Å². The molecule has 3 rings (SSSR count). The summed E-state index contributed by atoms with van der Waals surface area (Å²) in [6.07, 6.45) is 2.18. The van der Waals surface area contributed by atoms with E-state index >= 15 is 0 Å². The molecule has 0 saturated carbocycles. The maximum atomic E-state index is 12.2. The van der Waals surface area contributed by atoms with Gasteiger partial charge in [0, 0.05) is 50.3 Å². The lowest BCUT2D eigenvalue weighted by atomic mass is 10.2.